The Kier molecular flexibility index (Phi) is 3.95. The Balaban J connectivity index is 2.22. The van der Waals surface area contributed by atoms with Crippen LogP contribution in [0.1, 0.15) is 31.1 Å². The average molecular weight is 243 g/mol. The van der Waals surface area contributed by atoms with Gasteiger partial charge in [0.1, 0.15) is 5.75 Å². The highest BCUT2D eigenvalue weighted by atomic mass is 16.5. The highest BCUT2D eigenvalue weighted by Crippen LogP contribution is 2.27. The lowest BCUT2D eigenvalue weighted by Crippen LogP contribution is -1.98. The van der Waals surface area contributed by atoms with Crippen LogP contribution in [0, 0.1) is 0 Å². The third-order valence-electron chi connectivity index (χ3n) is 2.80. The molecule has 2 aromatic rings. The number of hydrogen-bond acceptors (Lipinski definition) is 3. The monoisotopic (exact) mass is 243 g/mol. The first-order valence-electron chi connectivity index (χ1n) is 6.10. The predicted octanol–water partition coefficient (Wildman–Crippen LogP) is 3.49. The standard InChI is InChI=1S/C15H17NO2/c1-3-12-6-8-13(9-7-12)18-15-14(11(2)17)5-4-10-16-15/h4-11,17H,3H2,1-2H3/t11-/m0/s1. The predicted molar refractivity (Wildman–Crippen MR) is 70.8 cm³/mol. The number of aliphatic hydroxyl groups is 1. The minimum atomic E-state index is -0.594. The van der Waals surface area contributed by atoms with Crippen molar-refractivity contribution >= 4 is 0 Å². The Bertz CT molecular complexity index is 506. The van der Waals surface area contributed by atoms with E-state index in [2.05, 4.69) is 11.9 Å². The van der Waals surface area contributed by atoms with Gasteiger partial charge in [0.2, 0.25) is 5.88 Å². The zero-order chi connectivity index (χ0) is 13.0. The maximum absolute atomic E-state index is 9.64. The van der Waals surface area contributed by atoms with Crippen LogP contribution < -0.4 is 4.74 Å². The molecule has 1 atom stereocenters. The summed E-state index contributed by atoms with van der Waals surface area (Å²) in [6.07, 6.45) is 2.06. The number of aryl methyl sites for hydroxylation is 1. The van der Waals surface area contributed by atoms with Gasteiger partial charge < -0.3 is 9.84 Å². The molecule has 0 aliphatic carbocycles. The first-order chi connectivity index (χ1) is 8.70. The van der Waals surface area contributed by atoms with E-state index in [1.54, 1.807) is 19.2 Å². The second-order valence-electron chi connectivity index (χ2n) is 4.17. The van der Waals surface area contributed by atoms with Crippen LogP contribution in [0.4, 0.5) is 0 Å². The minimum absolute atomic E-state index is 0.455. The number of aliphatic hydroxyl groups excluding tert-OH is 1. The largest absolute Gasteiger partial charge is 0.439 e. The number of pyridine rings is 1. The Morgan fingerprint density at radius 2 is 1.94 bits per heavy atom. The summed E-state index contributed by atoms with van der Waals surface area (Å²) in [6.45, 7) is 3.81. The van der Waals surface area contributed by atoms with Crippen molar-refractivity contribution in [1.82, 2.24) is 4.98 Å². The molecule has 0 bridgehead atoms. The SMILES string of the molecule is CCc1ccc(Oc2ncccc2[C@H](C)O)cc1. The molecule has 1 N–H and O–H groups in total. The molecule has 0 amide bonds. The molecular formula is C15H17NO2. The van der Waals surface area contributed by atoms with Crippen molar-refractivity contribution in [2.45, 2.75) is 26.4 Å². The van der Waals surface area contributed by atoms with Crippen LogP contribution in [0.15, 0.2) is 42.6 Å². The number of ether oxygens (including phenoxy) is 1. The average Bonchev–Trinajstić information content (AvgIpc) is 2.40. The topological polar surface area (TPSA) is 42.4 Å². The highest BCUT2D eigenvalue weighted by molar-refractivity contribution is 5.34. The number of hydrogen-bond donors (Lipinski definition) is 1. The Morgan fingerprint density at radius 1 is 1.22 bits per heavy atom. The minimum Gasteiger partial charge on any atom is -0.439 e. The van der Waals surface area contributed by atoms with Crippen molar-refractivity contribution in [3.63, 3.8) is 0 Å². The van der Waals surface area contributed by atoms with E-state index in [0.717, 1.165) is 12.2 Å². The molecular weight excluding hydrogens is 226 g/mol. The Morgan fingerprint density at radius 3 is 2.56 bits per heavy atom. The van der Waals surface area contributed by atoms with Crippen molar-refractivity contribution in [1.29, 1.82) is 0 Å². The van der Waals surface area contributed by atoms with Gasteiger partial charge in [-0.15, -0.1) is 0 Å². The fourth-order valence-electron chi connectivity index (χ4n) is 1.71. The summed E-state index contributed by atoms with van der Waals surface area (Å²) in [4.78, 5) is 4.16. The maximum Gasteiger partial charge on any atom is 0.225 e. The van der Waals surface area contributed by atoms with E-state index in [1.165, 1.54) is 5.56 Å². The molecule has 1 aromatic carbocycles. The molecule has 0 fully saturated rings. The summed E-state index contributed by atoms with van der Waals surface area (Å²) in [5, 5.41) is 9.64. The van der Waals surface area contributed by atoms with Crippen LogP contribution in [0.25, 0.3) is 0 Å². The van der Waals surface area contributed by atoms with Crippen LogP contribution in [-0.4, -0.2) is 10.1 Å². The molecule has 0 aliphatic heterocycles. The molecule has 3 heteroatoms. The van der Waals surface area contributed by atoms with Gasteiger partial charge in [0, 0.05) is 11.8 Å². The van der Waals surface area contributed by atoms with Gasteiger partial charge in [0.05, 0.1) is 6.10 Å². The molecule has 18 heavy (non-hydrogen) atoms. The lowest BCUT2D eigenvalue weighted by atomic mass is 10.1. The van der Waals surface area contributed by atoms with Gasteiger partial charge in [0.25, 0.3) is 0 Å². The number of rotatable bonds is 4. The van der Waals surface area contributed by atoms with Gasteiger partial charge in [-0.25, -0.2) is 4.98 Å². The first kappa shape index (κ1) is 12.6. The quantitative estimate of drug-likeness (QED) is 0.893. The highest BCUT2D eigenvalue weighted by Gasteiger charge is 2.10. The molecule has 0 saturated heterocycles. The summed E-state index contributed by atoms with van der Waals surface area (Å²) >= 11 is 0. The number of benzene rings is 1. The van der Waals surface area contributed by atoms with Gasteiger partial charge in [-0.05, 0) is 43.2 Å². The Hall–Kier alpha value is -1.87. The van der Waals surface area contributed by atoms with Crippen molar-refractivity contribution in [3.05, 3.63) is 53.7 Å². The number of aromatic nitrogens is 1. The summed E-state index contributed by atoms with van der Waals surface area (Å²) in [5.74, 6) is 1.18. The lowest BCUT2D eigenvalue weighted by Gasteiger charge is -2.11. The van der Waals surface area contributed by atoms with Crippen LogP contribution in [0.3, 0.4) is 0 Å². The number of nitrogens with zero attached hydrogens (tertiary/aromatic N) is 1. The normalized spacial score (nSPS) is 12.2. The van der Waals surface area contributed by atoms with E-state index in [0.29, 0.717) is 11.4 Å². The molecule has 2 rings (SSSR count). The Labute approximate surface area is 107 Å². The molecule has 0 unspecified atom stereocenters. The van der Waals surface area contributed by atoms with E-state index < -0.39 is 6.10 Å². The second-order valence-corrected chi connectivity index (χ2v) is 4.17. The van der Waals surface area contributed by atoms with E-state index in [4.69, 9.17) is 4.74 Å². The van der Waals surface area contributed by atoms with Crippen molar-refractivity contribution < 1.29 is 9.84 Å². The molecule has 0 saturated carbocycles. The van der Waals surface area contributed by atoms with Crippen LogP contribution >= 0.6 is 0 Å². The van der Waals surface area contributed by atoms with E-state index in [9.17, 15) is 5.11 Å². The van der Waals surface area contributed by atoms with Crippen molar-refractivity contribution in [2.75, 3.05) is 0 Å². The first-order valence-corrected chi connectivity index (χ1v) is 6.10. The van der Waals surface area contributed by atoms with Gasteiger partial charge >= 0.3 is 0 Å². The fourth-order valence-corrected chi connectivity index (χ4v) is 1.71. The third-order valence-corrected chi connectivity index (χ3v) is 2.80. The van der Waals surface area contributed by atoms with Gasteiger partial charge in [0.15, 0.2) is 0 Å². The molecule has 3 nitrogen and oxygen atoms in total. The lowest BCUT2D eigenvalue weighted by molar-refractivity contribution is 0.194. The van der Waals surface area contributed by atoms with Crippen LogP contribution in [0.2, 0.25) is 0 Å². The second kappa shape index (κ2) is 5.65. The summed E-state index contributed by atoms with van der Waals surface area (Å²) < 4.78 is 5.70. The summed E-state index contributed by atoms with van der Waals surface area (Å²) in [5.41, 5.74) is 1.95. The molecule has 1 aromatic heterocycles. The molecule has 0 aliphatic rings. The zero-order valence-electron chi connectivity index (χ0n) is 10.6. The van der Waals surface area contributed by atoms with Gasteiger partial charge in [-0.2, -0.15) is 0 Å². The van der Waals surface area contributed by atoms with Crippen LogP contribution in [0.5, 0.6) is 11.6 Å². The van der Waals surface area contributed by atoms with E-state index >= 15 is 0 Å². The van der Waals surface area contributed by atoms with Crippen molar-refractivity contribution in [3.8, 4) is 11.6 Å². The van der Waals surface area contributed by atoms with Crippen LogP contribution in [-0.2, 0) is 6.42 Å². The molecule has 1 heterocycles. The molecule has 94 valence electrons. The fraction of sp³-hybridized carbons (Fsp3) is 0.267. The smallest absolute Gasteiger partial charge is 0.225 e. The zero-order valence-corrected chi connectivity index (χ0v) is 10.6. The molecule has 0 spiro atoms. The molecule has 0 radical (unpaired) electrons. The summed E-state index contributed by atoms with van der Waals surface area (Å²) in [7, 11) is 0. The van der Waals surface area contributed by atoms with Gasteiger partial charge in [-0.1, -0.05) is 19.1 Å². The third kappa shape index (κ3) is 2.87. The van der Waals surface area contributed by atoms with E-state index in [1.807, 2.05) is 30.3 Å². The van der Waals surface area contributed by atoms with Gasteiger partial charge in [-0.3, -0.25) is 0 Å². The summed E-state index contributed by atoms with van der Waals surface area (Å²) in [6, 6.07) is 11.5. The maximum atomic E-state index is 9.64. The van der Waals surface area contributed by atoms with Crippen molar-refractivity contribution in [2.24, 2.45) is 0 Å². The van der Waals surface area contributed by atoms with E-state index in [-0.39, 0.29) is 0 Å².